The van der Waals surface area contributed by atoms with Gasteiger partial charge in [0.1, 0.15) is 12.4 Å². The number of carbonyl (C=O) groups is 1. The zero-order valence-electron chi connectivity index (χ0n) is 18.5. The second-order valence-electron chi connectivity index (χ2n) is 7.37. The Bertz CT molecular complexity index is 1050. The van der Waals surface area contributed by atoms with E-state index in [1.165, 1.54) is 0 Å². The number of carboxylic acid groups (broad SMARTS) is 1. The van der Waals surface area contributed by atoms with Crippen molar-refractivity contribution in [2.45, 2.75) is 33.1 Å². The molecule has 32 heavy (non-hydrogen) atoms. The summed E-state index contributed by atoms with van der Waals surface area (Å²) in [6.07, 6.45) is 3.52. The first-order chi connectivity index (χ1) is 15.6. The van der Waals surface area contributed by atoms with Crippen molar-refractivity contribution >= 4 is 11.7 Å². The van der Waals surface area contributed by atoms with Gasteiger partial charge in [0.05, 0.1) is 17.8 Å². The lowest BCUT2D eigenvalue weighted by Gasteiger charge is -2.12. The Kier molecular flexibility index (Phi) is 8.37. The molecule has 0 atom stereocenters. The Morgan fingerprint density at radius 1 is 1.03 bits per heavy atom. The standard InChI is InChI=1S/C26H28N2O4/c1-3-7-24(21-13-11-20(12-14-21)23-9-4-5-15-27-23)28-32-17-16-31-25-10-6-8-22(19(25)2)18-26(29)30/h4-6,8-15H,3,7,16-18H2,1-2H3,(H,29,30)/b28-24+. The second-order valence-corrected chi connectivity index (χ2v) is 7.37. The van der Waals surface area contributed by atoms with Gasteiger partial charge in [-0.25, -0.2) is 0 Å². The summed E-state index contributed by atoms with van der Waals surface area (Å²) in [5.74, 6) is -0.199. The van der Waals surface area contributed by atoms with E-state index in [1.807, 2.05) is 55.5 Å². The zero-order valence-corrected chi connectivity index (χ0v) is 18.5. The predicted octanol–water partition coefficient (Wildman–Crippen LogP) is 5.28. The molecule has 1 N–H and O–H groups in total. The lowest BCUT2D eigenvalue weighted by Crippen LogP contribution is -2.09. The summed E-state index contributed by atoms with van der Waals surface area (Å²) in [5, 5.41) is 13.4. The number of ether oxygens (including phenoxy) is 1. The molecule has 0 aliphatic carbocycles. The van der Waals surface area contributed by atoms with Crippen molar-refractivity contribution in [1.29, 1.82) is 0 Å². The van der Waals surface area contributed by atoms with Gasteiger partial charge in [0.2, 0.25) is 0 Å². The van der Waals surface area contributed by atoms with Crippen molar-refractivity contribution in [2.75, 3.05) is 13.2 Å². The molecule has 0 aliphatic rings. The topological polar surface area (TPSA) is 81.0 Å². The highest BCUT2D eigenvalue weighted by molar-refractivity contribution is 6.00. The number of aliphatic carboxylic acids is 1. The summed E-state index contributed by atoms with van der Waals surface area (Å²) in [6, 6.07) is 19.4. The summed E-state index contributed by atoms with van der Waals surface area (Å²) in [5.41, 5.74) is 5.47. The zero-order chi connectivity index (χ0) is 22.8. The number of carboxylic acids is 1. The van der Waals surface area contributed by atoms with Crippen molar-refractivity contribution in [3.63, 3.8) is 0 Å². The molecule has 2 aromatic carbocycles. The fourth-order valence-electron chi connectivity index (χ4n) is 3.33. The van der Waals surface area contributed by atoms with Crippen molar-refractivity contribution < 1.29 is 19.5 Å². The predicted molar refractivity (Wildman–Crippen MR) is 125 cm³/mol. The summed E-state index contributed by atoms with van der Waals surface area (Å²) in [4.78, 5) is 20.9. The van der Waals surface area contributed by atoms with Gasteiger partial charge in [-0.2, -0.15) is 0 Å². The minimum atomic E-state index is -0.862. The van der Waals surface area contributed by atoms with Crippen LogP contribution in [-0.2, 0) is 16.1 Å². The van der Waals surface area contributed by atoms with Crippen LogP contribution >= 0.6 is 0 Å². The Morgan fingerprint density at radius 2 is 1.84 bits per heavy atom. The lowest BCUT2D eigenvalue weighted by molar-refractivity contribution is -0.136. The fraction of sp³-hybridized carbons (Fsp3) is 0.269. The number of aromatic nitrogens is 1. The minimum absolute atomic E-state index is 0.0245. The summed E-state index contributed by atoms with van der Waals surface area (Å²) in [6.45, 7) is 4.58. The van der Waals surface area contributed by atoms with E-state index in [0.717, 1.165) is 46.5 Å². The van der Waals surface area contributed by atoms with E-state index in [9.17, 15) is 4.79 Å². The number of nitrogens with zero attached hydrogens (tertiary/aromatic N) is 2. The number of pyridine rings is 1. The molecule has 1 aromatic heterocycles. The average Bonchev–Trinajstić information content (AvgIpc) is 2.81. The van der Waals surface area contributed by atoms with Crippen LogP contribution in [0.5, 0.6) is 5.75 Å². The number of rotatable bonds is 11. The molecule has 0 spiro atoms. The molecule has 0 aliphatic heterocycles. The first-order valence-electron chi connectivity index (χ1n) is 10.7. The number of hydrogen-bond donors (Lipinski definition) is 1. The van der Waals surface area contributed by atoms with Crippen LogP contribution in [0.4, 0.5) is 0 Å². The van der Waals surface area contributed by atoms with Gasteiger partial charge in [0, 0.05) is 11.8 Å². The van der Waals surface area contributed by atoms with Crippen LogP contribution in [0.1, 0.15) is 36.5 Å². The molecular formula is C26H28N2O4. The summed E-state index contributed by atoms with van der Waals surface area (Å²) in [7, 11) is 0. The first-order valence-corrected chi connectivity index (χ1v) is 10.7. The van der Waals surface area contributed by atoms with Gasteiger partial charge in [-0.3, -0.25) is 9.78 Å². The maximum Gasteiger partial charge on any atom is 0.307 e. The molecule has 0 unspecified atom stereocenters. The van der Waals surface area contributed by atoms with Crippen LogP contribution in [0.3, 0.4) is 0 Å². The van der Waals surface area contributed by atoms with Gasteiger partial charge in [-0.05, 0) is 48.2 Å². The maximum absolute atomic E-state index is 11.0. The third-order valence-electron chi connectivity index (χ3n) is 5.01. The molecule has 3 rings (SSSR count). The van der Waals surface area contributed by atoms with Gasteiger partial charge >= 0.3 is 5.97 Å². The summed E-state index contributed by atoms with van der Waals surface area (Å²) < 4.78 is 5.78. The normalized spacial score (nSPS) is 11.2. The van der Waals surface area contributed by atoms with Crippen LogP contribution in [-0.4, -0.2) is 35.0 Å². The largest absolute Gasteiger partial charge is 0.490 e. The van der Waals surface area contributed by atoms with E-state index in [-0.39, 0.29) is 6.42 Å². The average molecular weight is 433 g/mol. The molecule has 3 aromatic rings. The molecule has 166 valence electrons. The Hall–Kier alpha value is -3.67. The highest BCUT2D eigenvalue weighted by Gasteiger charge is 2.09. The van der Waals surface area contributed by atoms with Crippen LogP contribution in [0.2, 0.25) is 0 Å². The van der Waals surface area contributed by atoms with Crippen LogP contribution in [0.25, 0.3) is 11.3 Å². The SMILES string of the molecule is CCC/C(=N\OCCOc1cccc(CC(=O)O)c1C)c1ccc(-c2ccccn2)cc1. The van der Waals surface area contributed by atoms with E-state index in [0.29, 0.717) is 19.0 Å². The van der Waals surface area contributed by atoms with E-state index in [1.54, 1.807) is 18.3 Å². The molecule has 0 fully saturated rings. The Morgan fingerprint density at radius 3 is 2.53 bits per heavy atom. The maximum atomic E-state index is 11.0. The van der Waals surface area contributed by atoms with Crippen molar-refractivity contribution in [2.24, 2.45) is 5.16 Å². The van der Waals surface area contributed by atoms with E-state index >= 15 is 0 Å². The molecule has 0 saturated heterocycles. The van der Waals surface area contributed by atoms with Crippen LogP contribution < -0.4 is 4.74 Å². The molecule has 6 heteroatoms. The van der Waals surface area contributed by atoms with Crippen molar-refractivity contribution in [1.82, 2.24) is 4.98 Å². The van der Waals surface area contributed by atoms with E-state index < -0.39 is 5.97 Å². The van der Waals surface area contributed by atoms with E-state index in [4.69, 9.17) is 14.7 Å². The molecule has 0 saturated carbocycles. The number of oxime groups is 1. The van der Waals surface area contributed by atoms with Gasteiger partial charge in [-0.15, -0.1) is 0 Å². The van der Waals surface area contributed by atoms with Crippen LogP contribution in [0, 0.1) is 6.92 Å². The number of hydrogen-bond acceptors (Lipinski definition) is 5. The van der Waals surface area contributed by atoms with Crippen molar-refractivity contribution in [3.8, 4) is 17.0 Å². The van der Waals surface area contributed by atoms with Gasteiger partial charge in [-0.1, -0.05) is 61.0 Å². The monoisotopic (exact) mass is 432 g/mol. The lowest BCUT2D eigenvalue weighted by atomic mass is 10.0. The van der Waals surface area contributed by atoms with Gasteiger partial charge in [0.25, 0.3) is 0 Å². The molecule has 6 nitrogen and oxygen atoms in total. The van der Waals surface area contributed by atoms with Crippen molar-refractivity contribution in [3.05, 3.63) is 83.6 Å². The number of benzene rings is 2. The smallest absolute Gasteiger partial charge is 0.307 e. The molecule has 0 bridgehead atoms. The highest BCUT2D eigenvalue weighted by Crippen LogP contribution is 2.22. The molecular weight excluding hydrogens is 404 g/mol. The Labute approximate surface area is 188 Å². The highest BCUT2D eigenvalue weighted by atomic mass is 16.6. The molecule has 1 heterocycles. The summed E-state index contributed by atoms with van der Waals surface area (Å²) >= 11 is 0. The Balaban J connectivity index is 1.57. The first kappa shape index (κ1) is 23.0. The quantitative estimate of drug-likeness (QED) is 0.253. The van der Waals surface area contributed by atoms with Crippen LogP contribution in [0.15, 0.2) is 72.0 Å². The third kappa shape index (κ3) is 6.41. The van der Waals surface area contributed by atoms with E-state index in [2.05, 4.69) is 17.1 Å². The minimum Gasteiger partial charge on any atom is -0.490 e. The fourth-order valence-corrected chi connectivity index (χ4v) is 3.33. The third-order valence-corrected chi connectivity index (χ3v) is 5.01. The molecule has 0 radical (unpaired) electrons. The van der Waals surface area contributed by atoms with Gasteiger partial charge in [0.15, 0.2) is 6.61 Å². The van der Waals surface area contributed by atoms with Gasteiger partial charge < -0.3 is 14.7 Å². The second kappa shape index (κ2) is 11.6. The molecule has 0 amide bonds.